The third kappa shape index (κ3) is 4.80. The molecule has 0 aliphatic rings. The number of nitrogens with one attached hydrogen (secondary N) is 1. The highest BCUT2D eigenvalue weighted by Crippen LogP contribution is 2.27. The number of rotatable bonds is 8. The van der Waals surface area contributed by atoms with E-state index in [2.05, 4.69) is 41.9 Å². The van der Waals surface area contributed by atoms with E-state index in [-0.39, 0.29) is 0 Å². The van der Waals surface area contributed by atoms with Gasteiger partial charge in [0.25, 0.3) is 0 Å². The first kappa shape index (κ1) is 15.4. The minimum Gasteiger partial charge on any atom is -0.493 e. The summed E-state index contributed by atoms with van der Waals surface area (Å²) in [6.45, 7) is 2.76. The van der Waals surface area contributed by atoms with Crippen LogP contribution in [0.25, 0.3) is 0 Å². The summed E-state index contributed by atoms with van der Waals surface area (Å²) in [7, 11) is 0. The minimum atomic E-state index is 0.332. The van der Waals surface area contributed by atoms with Crippen molar-refractivity contribution < 1.29 is 4.74 Å². The summed E-state index contributed by atoms with van der Waals surface area (Å²) < 4.78 is 5.67. The van der Waals surface area contributed by atoms with E-state index < -0.39 is 0 Å². The second kappa shape index (κ2) is 8.33. The molecule has 110 valence electrons. The Labute approximate surface area is 130 Å². The maximum atomic E-state index is 8.51. The van der Waals surface area contributed by atoms with Gasteiger partial charge in [-0.2, -0.15) is 5.26 Å². The molecule has 4 heteroatoms. The maximum Gasteiger partial charge on any atom is 0.121 e. The molecule has 0 aliphatic heterocycles. The van der Waals surface area contributed by atoms with Gasteiger partial charge in [0.2, 0.25) is 0 Å². The molecule has 1 aromatic heterocycles. The van der Waals surface area contributed by atoms with Crippen LogP contribution in [0, 0.1) is 11.3 Å². The SMILES string of the molecule is CCC(Nc1cccc(OCCCC#N)c1)c1cccs1. The average molecular weight is 300 g/mol. The van der Waals surface area contributed by atoms with Crippen LogP contribution in [0.5, 0.6) is 5.75 Å². The molecular formula is C17H20N2OS. The molecule has 21 heavy (non-hydrogen) atoms. The Morgan fingerprint density at radius 3 is 2.95 bits per heavy atom. The van der Waals surface area contributed by atoms with E-state index in [4.69, 9.17) is 10.00 Å². The van der Waals surface area contributed by atoms with Crippen LogP contribution >= 0.6 is 11.3 Å². The van der Waals surface area contributed by atoms with Gasteiger partial charge < -0.3 is 10.1 Å². The van der Waals surface area contributed by atoms with E-state index in [0.29, 0.717) is 19.1 Å². The zero-order valence-corrected chi connectivity index (χ0v) is 13.0. The highest BCUT2D eigenvalue weighted by molar-refractivity contribution is 7.10. The van der Waals surface area contributed by atoms with Gasteiger partial charge in [-0.25, -0.2) is 0 Å². The number of nitriles is 1. The Bertz CT molecular complexity index is 575. The second-order valence-electron chi connectivity index (χ2n) is 4.76. The number of hydrogen-bond acceptors (Lipinski definition) is 4. The monoisotopic (exact) mass is 300 g/mol. The summed E-state index contributed by atoms with van der Waals surface area (Å²) >= 11 is 1.77. The van der Waals surface area contributed by atoms with Crippen molar-refractivity contribution in [3.05, 3.63) is 46.7 Å². The van der Waals surface area contributed by atoms with Crippen LogP contribution in [0.3, 0.4) is 0 Å². The fourth-order valence-corrected chi connectivity index (χ4v) is 2.94. The smallest absolute Gasteiger partial charge is 0.121 e. The molecule has 1 unspecified atom stereocenters. The fraction of sp³-hybridized carbons (Fsp3) is 0.353. The molecule has 1 aromatic carbocycles. The van der Waals surface area contributed by atoms with Crippen LogP contribution in [0.15, 0.2) is 41.8 Å². The molecule has 0 bridgehead atoms. The molecule has 3 nitrogen and oxygen atoms in total. The van der Waals surface area contributed by atoms with Gasteiger partial charge in [-0.05, 0) is 36.4 Å². The minimum absolute atomic E-state index is 0.332. The Morgan fingerprint density at radius 1 is 1.33 bits per heavy atom. The number of hydrogen-bond donors (Lipinski definition) is 1. The van der Waals surface area contributed by atoms with Crippen molar-refractivity contribution in [3.8, 4) is 11.8 Å². The Hall–Kier alpha value is -1.99. The van der Waals surface area contributed by atoms with Gasteiger partial charge >= 0.3 is 0 Å². The zero-order chi connectivity index (χ0) is 14.9. The lowest BCUT2D eigenvalue weighted by Gasteiger charge is -2.17. The number of unbranched alkanes of at least 4 members (excludes halogenated alkanes) is 1. The van der Waals surface area contributed by atoms with Crippen molar-refractivity contribution in [1.29, 1.82) is 5.26 Å². The molecular weight excluding hydrogens is 280 g/mol. The topological polar surface area (TPSA) is 45.0 Å². The fourth-order valence-electron chi connectivity index (χ4n) is 2.08. The van der Waals surface area contributed by atoms with Gasteiger partial charge in [0, 0.05) is 23.1 Å². The molecule has 0 spiro atoms. The van der Waals surface area contributed by atoms with Crippen LogP contribution in [0.4, 0.5) is 5.69 Å². The summed E-state index contributed by atoms with van der Waals surface area (Å²) in [5, 5.41) is 14.2. The largest absolute Gasteiger partial charge is 0.493 e. The van der Waals surface area contributed by atoms with E-state index in [1.54, 1.807) is 11.3 Å². The highest BCUT2D eigenvalue weighted by atomic mass is 32.1. The Balaban J connectivity index is 1.95. The van der Waals surface area contributed by atoms with Crippen molar-refractivity contribution in [1.82, 2.24) is 0 Å². The first-order valence-corrected chi connectivity index (χ1v) is 8.11. The number of ether oxygens (including phenoxy) is 1. The van der Waals surface area contributed by atoms with Gasteiger partial charge in [-0.1, -0.05) is 19.1 Å². The van der Waals surface area contributed by atoms with E-state index in [0.717, 1.165) is 24.3 Å². The average Bonchev–Trinajstić information content (AvgIpc) is 3.04. The first-order chi connectivity index (χ1) is 10.3. The van der Waals surface area contributed by atoms with Gasteiger partial charge in [-0.15, -0.1) is 11.3 Å². The van der Waals surface area contributed by atoms with E-state index in [9.17, 15) is 0 Å². The predicted octanol–water partition coefficient (Wildman–Crippen LogP) is 4.99. The van der Waals surface area contributed by atoms with Gasteiger partial charge in [0.1, 0.15) is 5.75 Å². The normalized spacial score (nSPS) is 11.6. The summed E-state index contributed by atoms with van der Waals surface area (Å²) in [4.78, 5) is 1.35. The Morgan fingerprint density at radius 2 is 2.24 bits per heavy atom. The zero-order valence-electron chi connectivity index (χ0n) is 12.2. The van der Waals surface area contributed by atoms with E-state index >= 15 is 0 Å². The molecule has 1 atom stereocenters. The lowest BCUT2D eigenvalue weighted by Crippen LogP contribution is -2.08. The lowest BCUT2D eigenvalue weighted by atomic mass is 10.1. The summed E-state index contributed by atoms with van der Waals surface area (Å²) in [6.07, 6.45) is 2.34. The standard InChI is InChI=1S/C17H20N2OS/c1-2-16(17-9-6-12-21-17)19-14-7-5-8-15(13-14)20-11-4-3-10-18/h5-9,12-13,16,19H,2-4,11H2,1H3. The highest BCUT2D eigenvalue weighted by Gasteiger charge is 2.10. The van der Waals surface area contributed by atoms with Crippen LogP contribution in [0.1, 0.15) is 37.1 Å². The van der Waals surface area contributed by atoms with Gasteiger partial charge in [0.15, 0.2) is 0 Å². The summed E-state index contributed by atoms with van der Waals surface area (Å²) in [5.41, 5.74) is 1.06. The molecule has 0 radical (unpaired) electrons. The van der Waals surface area contributed by atoms with Crippen LogP contribution < -0.4 is 10.1 Å². The molecule has 2 rings (SSSR count). The molecule has 1 N–H and O–H groups in total. The second-order valence-corrected chi connectivity index (χ2v) is 5.74. The van der Waals surface area contributed by atoms with Crippen LogP contribution in [-0.4, -0.2) is 6.61 Å². The summed E-state index contributed by atoms with van der Waals surface area (Å²) in [5.74, 6) is 0.846. The molecule has 0 fully saturated rings. The molecule has 2 aromatic rings. The predicted molar refractivity (Wildman–Crippen MR) is 87.8 cm³/mol. The Kier molecular flexibility index (Phi) is 6.11. The van der Waals surface area contributed by atoms with Crippen molar-refractivity contribution in [3.63, 3.8) is 0 Å². The van der Waals surface area contributed by atoms with Crippen LogP contribution in [-0.2, 0) is 0 Å². The third-order valence-electron chi connectivity index (χ3n) is 3.17. The number of nitrogens with zero attached hydrogens (tertiary/aromatic N) is 1. The number of thiophene rings is 1. The van der Waals surface area contributed by atoms with Crippen molar-refractivity contribution in [2.24, 2.45) is 0 Å². The third-order valence-corrected chi connectivity index (χ3v) is 4.16. The molecule has 0 saturated heterocycles. The van der Waals surface area contributed by atoms with Gasteiger partial charge in [0.05, 0.1) is 18.7 Å². The molecule has 0 saturated carbocycles. The first-order valence-electron chi connectivity index (χ1n) is 7.23. The maximum absolute atomic E-state index is 8.51. The lowest BCUT2D eigenvalue weighted by molar-refractivity contribution is 0.313. The van der Waals surface area contributed by atoms with Gasteiger partial charge in [-0.3, -0.25) is 0 Å². The molecule has 0 amide bonds. The number of benzene rings is 1. The van der Waals surface area contributed by atoms with E-state index in [1.807, 2.05) is 18.2 Å². The quantitative estimate of drug-likeness (QED) is 0.698. The van der Waals surface area contributed by atoms with Crippen molar-refractivity contribution >= 4 is 17.0 Å². The van der Waals surface area contributed by atoms with Crippen molar-refractivity contribution in [2.45, 2.75) is 32.2 Å². The van der Waals surface area contributed by atoms with E-state index in [1.165, 1.54) is 4.88 Å². The molecule has 1 heterocycles. The van der Waals surface area contributed by atoms with Crippen LogP contribution in [0.2, 0.25) is 0 Å². The van der Waals surface area contributed by atoms with Crippen molar-refractivity contribution in [2.75, 3.05) is 11.9 Å². The molecule has 0 aliphatic carbocycles. The summed E-state index contributed by atoms with van der Waals surface area (Å²) in [6, 6.07) is 14.7. The number of anilines is 1.